The van der Waals surface area contributed by atoms with Crippen molar-refractivity contribution in [3.63, 3.8) is 0 Å². The van der Waals surface area contributed by atoms with Crippen molar-refractivity contribution in [3.05, 3.63) is 52.8 Å². The first-order chi connectivity index (χ1) is 14.7. The third-order valence-electron chi connectivity index (χ3n) is 5.18. The lowest BCUT2D eigenvalue weighted by atomic mass is 10.2. The molecule has 0 spiro atoms. The molecular formula is C20H19ClFN3O5S. The Balaban J connectivity index is 1.51. The van der Waals surface area contributed by atoms with Gasteiger partial charge in [0.05, 0.1) is 10.7 Å². The molecule has 2 heterocycles. The number of hydrogen-bond acceptors (Lipinski definition) is 5. The van der Waals surface area contributed by atoms with Crippen molar-refractivity contribution in [1.82, 2.24) is 9.21 Å². The first kappa shape index (κ1) is 21.5. The molecule has 31 heavy (non-hydrogen) atoms. The summed E-state index contributed by atoms with van der Waals surface area (Å²) in [5, 5.41) is 2.57. The average Bonchev–Trinajstić information content (AvgIpc) is 2.74. The van der Waals surface area contributed by atoms with Crippen LogP contribution in [0.5, 0.6) is 5.75 Å². The number of piperazine rings is 1. The number of nitrogens with one attached hydrogen (secondary N) is 1. The first-order valence-electron chi connectivity index (χ1n) is 9.53. The van der Waals surface area contributed by atoms with Gasteiger partial charge in [-0.05, 0) is 31.2 Å². The predicted octanol–water partition coefficient (Wildman–Crippen LogP) is 2.35. The monoisotopic (exact) mass is 467 g/mol. The number of fused-ring (bicyclic) bond motifs is 1. The van der Waals surface area contributed by atoms with Crippen molar-refractivity contribution < 1.29 is 27.1 Å². The fourth-order valence-electron chi connectivity index (χ4n) is 3.48. The van der Waals surface area contributed by atoms with Crippen LogP contribution in [0, 0.1) is 5.82 Å². The summed E-state index contributed by atoms with van der Waals surface area (Å²) in [6.07, 6.45) is -0.762. The van der Waals surface area contributed by atoms with Crippen molar-refractivity contribution >= 4 is 39.1 Å². The lowest BCUT2D eigenvalue weighted by Gasteiger charge is -2.34. The molecule has 164 valence electrons. The lowest BCUT2D eigenvalue weighted by molar-refractivity contribution is -0.122. The number of amides is 2. The van der Waals surface area contributed by atoms with Crippen molar-refractivity contribution in [1.29, 1.82) is 0 Å². The number of carbonyl (C=O) groups is 2. The summed E-state index contributed by atoms with van der Waals surface area (Å²) in [7, 11) is -3.97. The van der Waals surface area contributed by atoms with Gasteiger partial charge in [-0.15, -0.1) is 0 Å². The average molecular weight is 468 g/mol. The Morgan fingerprint density at radius 3 is 2.58 bits per heavy atom. The van der Waals surface area contributed by atoms with Gasteiger partial charge in [-0.25, -0.2) is 12.8 Å². The second-order valence-corrected chi connectivity index (χ2v) is 9.55. The molecule has 0 radical (unpaired) electrons. The van der Waals surface area contributed by atoms with Gasteiger partial charge in [0, 0.05) is 37.8 Å². The summed E-state index contributed by atoms with van der Waals surface area (Å²) >= 11 is 6.21. The van der Waals surface area contributed by atoms with Gasteiger partial charge in [0.15, 0.2) is 6.10 Å². The maximum absolute atomic E-state index is 13.4. The van der Waals surface area contributed by atoms with Gasteiger partial charge in [0.2, 0.25) is 10.0 Å². The molecule has 1 fully saturated rings. The van der Waals surface area contributed by atoms with Gasteiger partial charge in [-0.3, -0.25) is 9.59 Å². The lowest BCUT2D eigenvalue weighted by Crippen LogP contribution is -2.50. The number of rotatable bonds is 3. The summed E-state index contributed by atoms with van der Waals surface area (Å²) in [5.74, 6) is -1.00. The Labute approximate surface area is 183 Å². The fraction of sp³-hybridized carbons (Fsp3) is 0.300. The van der Waals surface area contributed by atoms with E-state index in [1.807, 2.05) is 0 Å². The minimum Gasteiger partial charge on any atom is -0.479 e. The standard InChI is InChI=1S/C20H19ClFN3O5S/c1-12-19(26)23-16-10-15(21)18(11-17(16)30-12)31(28,29)25-7-5-24(6-8-25)20(27)13-3-2-4-14(22)9-13/h2-4,9-12H,5-8H2,1H3,(H,23,26)/t12-/m0/s1. The Morgan fingerprint density at radius 2 is 1.90 bits per heavy atom. The number of anilines is 1. The van der Waals surface area contributed by atoms with Crippen LogP contribution >= 0.6 is 11.6 Å². The molecule has 0 saturated carbocycles. The zero-order valence-electron chi connectivity index (χ0n) is 16.5. The van der Waals surface area contributed by atoms with Crippen LogP contribution < -0.4 is 10.1 Å². The summed E-state index contributed by atoms with van der Waals surface area (Å²) < 4.78 is 46.5. The zero-order chi connectivity index (χ0) is 22.3. The highest BCUT2D eigenvalue weighted by Crippen LogP contribution is 2.38. The van der Waals surface area contributed by atoms with Gasteiger partial charge in [0.1, 0.15) is 16.5 Å². The molecule has 8 nitrogen and oxygen atoms in total. The summed E-state index contributed by atoms with van der Waals surface area (Å²) in [5.41, 5.74) is 0.514. The number of nitrogens with zero attached hydrogens (tertiary/aromatic N) is 2. The van der Waals surface area contributed by atoms with E-state index in [-0.39, 0.29) is 59.2 Å². The number of benzene rings is 2. The molecule has 2 amide bonds. The van der Waals surface area contributed by atoms with E-state index in [4.69, 9.17) is 16.3 Å². The van der Waals surface area contributed by atoms with Crippen molar-refractivity contribution in [3.8, 4) is 5.75 Å². The quantitative estimate of drug-likeness (QED) is 0.747. The van der Waals surface area contributed by atoms with E-state index in [0.717, 1.165) is 6.07 Å². The minimum absolute atomic E-state index is 0.0459. The minimum atomic E-state index is -3.97. The van der Waals surface area contributed by atoms with E-state index in [1.165, 1.54) is 39.5 Å². The topological polar surface area (TPSA) is 96.0 Å². The number of ether oxygens (including phenoxy) is 1. The normalized spacial score (nSPS) is 19.4. The van der Waals surface area contributed by atoms with Crippen LogP contribution in [0.15, 0.2) is 41.3 Å². The Bertz CT molecular complexity index is 1170. The molecule has 2 aliphatic heterocycles. The molecule has 1 atom stereocenters. The SMILES string of the molecule is C[C@@H]1Oc2cc(S(=O)(=O)N3CCN(C(=O)c4cccc(F)c4)CC3)c(Cl)cc2NC1=O. The van der Waals surface area contributed by atoms with Crippen LogP contribution in [-0.2, 0) is 14.8 Å². The molecule has 0 bridgehead atoms. The van der Waals surface area contributed by atoms with Crippen molar-refractivity contribution in [2.75, 3.05) is 31.5 Å². The Hall–Kier alpha value is -2.69. The Morgan fingerprint density at radius 1 is 1.19 bits per heavy atom. The first-order valence-corrected chi connectivity index (χ1v) is 11.3. The van der Waals surface area contributed by atoms with Crippen LogP contribution in [0.4, 0.5) is 10.1 Å². The maximum atomic E-state index is 13.4. The second kappa shape index (κ2) is 8.10. The van der Waals surface area contributed by atoms with Gasteiger partial charge < -0.3 is 15.0 Å². The maximum Gasteiger partial charge on any atom is 0.265 e. The third-order valence-corrected chi connectivity index (χ3v) is 7.54. The van der Waals surface area contributed by atoms with Crippen molar-refractivity contribution in [2.24, 2.45) is 0 Å². The van der Waals surface area contributed by atoms with Gasteiger partial charge >= 0.3 is 0 Å². The molecule has 1 saturated heterocycles. The molecule has 1 N–H and O–H groups in total. The molecule has 4 rings (SSSR count). The molecule has 0 aliphatic carbocycles. The summed E-state index contributed by atoms with van der Waals surface area (Å²) in [6.45, 7) is 1.98. The fourth-order valence-corrected chi connectivity index (χ4v) is 5.42. The van der Waals surface area contributed by atoms with E-state index in [2.05, 4.69) is 5.32 Å². The highest BCUT2D eigenvalue weighted by atomic mass is 35.5. The van der Waals surface area contributed by atoms with Gasteiger partial charge in [0.25, 0.3) is 11.8 Å². The van der Waals surface area contributed by atoms with Crippen LogP contribution in [-0.4, -0.2) is 61.7 Å². The van der Waals surface area contributed by atoms with E-state index >= 15 is 0 Å². The molecule has 2 aromatic carbocycles. The smallest absolute Gasteiger partial charge is 0.265 e. The molecule has 0 unspecified atom stereocenters. The summed E-state index contributed by atoms with van der Waals surface area (Å²) in [4.78, 5) is 25.7. The number of hydrogen-bond donors (Lipinski definition) is 1. The Kier molecular flexibility index (Phi) is 5.63. The van der Waals surface area contributed by atoms with Crippen LogP contribution in [0.2, 0.25) is 5.02 Å². The van der Waals surface area contributed by atoms with Crippen LogP contribution in [0.3, 0.4) is 0 Å². The van der Waals surface area contributed by atoms with Crippen molar-refractivity contribution in [2.45, 2.75) is 17.9 Å². The molecule has 2 aromatic rings. The third kappa shape index (κ3) is 4.10. The van der Waals surface area contributed by atoms with E-state index in [1.54, 1.807) is 6.92 Å². The molecule has 2 aliphatic rings. The van der Waals surface area contributed by atoms with Gasteiger partial charge in [-0.1, -0.05) is 17.7 Å². The largest absolute Gasteiger partial charge is 0.479 e. The van der Waals surface area contributed by atoms with E-state index < -0.39 is 21.9 Å². The van der Waals surface area contributed by atoms with E-state index in [9.17, 15) is 22.4 Å². The second-order valence-electron chi connectivity index (χ2n) is 7.23. The number of sulfonamides is 1. The summed E-state index contributed by atoms with van der Waals surface area (Å²) in [6, 6.07) is 8.01. The molecule has 11 heteroatoms. The number of carbonyl (C=O) groups excluding carboxylic acids is 2. The van der Waals surface area contributed by atoms with Gasteiger partial charge in [-0.2, -0.15) is 4.31 Å². The predicted molar refractivity (Wildman–Crippen MR) is 111 cm³/mol. The number of halogens is 2. The van der Waals surface area contributed by atoms with E-state index in [0.29, 0.717) is 5.69 Å². The highest BCUT2D eigenvalue weighted by Gasteiger charge is 2.34. The van der Waals surface area contributed by atoms with Crippen LogP contribution in [0.1, 0.15) is 17.3 Å². The highest BCUT2D eigenvalue weighted by molar-refractivity contribution is 7.89. The van der Waals surface area contributed by atoms with Crippen LogP contribution in [0.25, 0.3) is 0 Å². The zero-order valence-corrected chi connectivity index (χ0v) is 18.0. The molecule has 0 aromatic heterocycles. The molecular weight excluding hydrogens is 449 g/mol.